The Morgan fingerprint density at radius 1 is 0.944 bits per heavy atom. The molecule has 0 aliphatic carbocycles. The minimum absolute atomic E-state index is 0.0156. The van der Waals surface area contributed by atoms with E-state index in [1.807, 2.05) is 34.0 Å². The topological polar surface area (TPSA) is 194 Å². The Labute approximate surface area is 450 Å². The maximum absolute atomic E-state index is 14.3. The number of thioether (sulfide) groups is 1. The zero-order chi connectivity index (χ0) is 55.5. The highest BCUT2D eigenvalue weighted by atomic mass is 35.6. The van der Waals surface area contributed by atoms with Crippen molar-refractivity contribution in [2.45, 2.75) is 167 Å². The fourth-order valence-electron chi connectivity index (χ4n) is 7.13. The fourth-order valence-corrected chi connectivity index (χ4v) is 8.99. The number of carbonyl (C=O) groups is 6. The summed E-state index contributed by atoms with van der Waals surface area (Å²) in [5, 5.41) is 14.7. The van der Waals surface area contributed by atoms with E-state index in [-0.39, 0.29) is 53.4 Å². The summed E-state index contributed by atoms with van der Waals surface area (Å²) in [5.41, 5.74) is 2.37. The molecule has 0 aliphatic rings. The third kappa shape index (κ3) is 22.1. The van der Waals surface area contributed by atoms with Gasteiger partial charge in [0.15, 0.2) is 14.4 Å². The van der Waals surface area contributed by atoms with Gasteiger partial charge in [0.2, 0.25) is 21.5 Å². The zero-order valence-electron chi connectivity index (χ0n) is 45.6. The number of halogens is 3. The summed E-state index contributed by atoms with van der Waals surface area (Å²) in [7, 11) is 0.595. The maximum atomic E-state index is 14.3. The van der Waals surface area contributed by atoms with Gasteiger partial charge in [-0.1, -0.05) is 121 Å². The number of carbonyl (C=O) groups excluding carboxylic acids is 6. The number of nitrogens with one attached hydrogen (secondary N) is 2. The summed E-state index contributed by atoms with van der Waals surface area (Å²) < 4.78 is 22.5. The summed E-state index contributed by atoms with van der Waals surface area (Å²) in [6, 6.07) is 4.98. The molecule has 1 rings (SSSR count). The first-order chi connectivity index (χ1) is 33.2. The minimum atomic E-state index is -2.19. The molecule has 4 amide bonds. The predicted octanol–water partition coefficient (Wildman–Crippen LogP) is 9.33. The fraction of sp³-hybridized carbons (Fsp3) is 0.673. The number of alkyl halides is 3. The molecule has 0 spiro atoms. The highest BCUT2D eigenvalue weighted by Crippen LogP contribution is 2.40. The molecule has 0 bridgehead atoms. The molecule has 0 saturated carbocycles. The van der Waals surface area contributed by atoms with Gasteiger partial charge in [-0.3, -0.25) is 19.2 Å². The summed E-state index contributed by atoms with van der Waals surface area (Å²) in [5.74, 6) is -4.31. The molecule has 0 fully saturated rings. The van der Waals surface area contributed by atoms with Crippen LogP contribution < -0.4 is 10.6 Å². The van der Waals surface area contributed by atoms with Gasteiger partial charge in [0.1, 0.15) is 24.7 Å². The first kappa shape index (κ1) is 66.4. The van der Waals surface area contributed by atoms with Crippen LogP contribution in [0.3, 0.4) is 0 Å². The number of ether oxygens (including phenoxy) is 3. The first-order valence-electron chi connectivity index (χ1n) is 24.4. The van der Waals surface area contributed by atoms with Crippen LogP contribution in [0.5, 0.6) is 0 Å². The molecule has 72 heavy (non-hydrogen) atoms. The van der Waals surface area contributed by atoms with Crippen molar-refractivity contribution in [2.24, 2.45) is 17.8 Å². The van der Waals surface area contributed by atoms with E-state index in [4.69, 9.17) is 53.4 Å². The van der Waals surface area contributed by atoms with Crippen LogP contribution in [0, 0.1) is 29.1 Å². The lowest BCUT2D eigenvalue weighted by molar-refractivity contribution is -0.154. The number of benzene rings is 1. The third-order valence-corrected chi connectivity index (χ3v) is 18.2. The van der Waals surface area contributed by atoms with Gasteiger partial charge in [0, 0.05) is 32.0 Å². The normalized spacial score (nSPS) is 15.9. The average Bonchev–Trinajstić information content (AvgIpc) is 3.30. The lowest BCUT2D eigenvalue weighted by Gasteiger charge is -2.42. The van der Waals surface area contributed by atoms with Crippen LogP contribution in [0.2, 0.25) is 18.1 Å². The van der Waals surface area contributed by atoms with Gasteiger partial charge in [-0.05, 0) is 100 Å². The second-order valence-electron chi connectivity index (χ2n) is 20.5. The Bertz CT molecular complexity index is 2070. The highest BCUT2D eigenvalue weighted by Gasteiger charge is 2.42. The van der Waals surface area contributed by atoms with Crippen molar-refractivity contribution >= 4 is 90.4 Å². The van der Waals surface area contributed by atoms with E-state index in [1.165, 1.54) is 25.9 Å². The monoisotopic (exact) mass is 1100 g/mol. The van der Waals surface area contributed by atoms with Gasteiger partial charge in [-0.2, -0.15) is 5.26 Å². The summed E-state index contributed by atoms with van der Waals surface area (Å²) in [6.45, 7) is 26.6. The number of nitriles is 1. The molecule has 0 saturated heterocycles. The van der Waals surface area contributed by atoms with E-state index >= 15 is 0 Å². The third-order valence-electron chi connectivity index (χ3n) is 13.1. The van der Waals surface area contributed by atoms with Crippen molar-refractivity contribution in [3.05, 3.63) is 58.7 Å². The summed E-state index contributed by atoms with van der Waals surface area (Å²) in [6.07, 6.45) is 4.99. The predicted molar refractivity (Wildman–Crippen MR) is 291 cm³/mol. The van der Waals surface area contributed by atoms with Crippen LogP contribution in [-0.4, -0.2) is 133 Å². The lowest BCUT2D eigenvalue weighted by atomic mass is 9.90. The molecular formula is C52H82Cl3N5O10SSi. The van der Waals surface area contributed by atoms with E-state index in [0.717, 1.165) is 10.5 Å². The second kappa shape index (κ2) is 30.7. The van der Waals surface area contributed by atoms with E-state index in [2.05, 4.69) is 70.5 Å². The lowest BCUT2D eigenvalue weighted by Crippen LogP contribution is -2.56. The van der Waals surface area contributed by atoms with E-state index in [1.54, 1.807) is 56.0 Å². The van der Waals surface area contributed by atoms with E-state index in [0.29, 0.717) is 29.9 Å². The number of rotatable bonds is 28. The molecule has 1 aromatic carbocycles. The quantitative estimate of drug-likeness (QED) is 0.0202. The Morgan fingerprint density at radius 2 is 1.54 bits per heavy atom. The van der Waals surface area contributed by atoms with Crippen LogP contribution in [0.15, 0.2) is 47.6 Å². The molecule has 8 atom stereocenters. The standard InChI is InChI=1S/C52H82Cl3N5O10SSi/c1-18-33(5)44(50(66)67-30-52(53,54)55)58-43(61)29-59(13)48(64)40(27-38-21-23-39(28-56)24-22-38)60(14)47(63)37(9)57-46(62)42(26-32(3)4)69-49(65)35(7)20-25-41(68-31-71-15)36(8)45(34(6)19-2)70-72(16,17)51(10,11)12/h19-24,32-33,36-37,40-42,44-45H,18,25-27,29-31H2,1-17H3,(H,57,62)(H,58,61)/b34-19+,35-20+/t33-,36+,37+,40-,41+,42-,44+,45-/m1/s1. The van der Waals surface area contributed by atoms with Crippen molar-refractivity contribution in [3.8, 4) is 6.07 Å². The minimum Gasteiger partial charge on any atom is -0.460 e. The Balaban J connectivity index is 3.40. The number of hydrogen-bond acceptors (Lipinski definition) is 12. The van der Waals surface area contributed by atoms with Gasteiger partial charge in [0.25, 0.3) is 5.91 Å². The van der Waals surface area contributed by atoms with E-state index in [9.17, 15) is 34.0 Å². The van der Waals surface area contributed by atoms with Crippen LogP contribution in [-0.2, 0) is 53.8 Å². The number of amides is 4. The number of allylic oxidation sites excluding steroid dienone is 1. The largest absolute Gasteiger partial charge is 0.460 e. The molecule has 406 valence electrons. The molecule has 1 aromatic rings. The Hall–Kier alpha value is -3.63. The van der Waals surface area contributed by atoms with Crippen LogP contribution >= 0.6 is 46.6 Å². The van der Waals surface area contributed by atoms with Crippen LogP contribution in [0.4, 0.5) is 0 Å². The molecule has 0 heterocycles. The maximum Gasteiger partial charge on any atom is 0.334 e. The van der Waals surface area contributed by atoms with Crippen LogP contribution in [0.1, 0.15) is 113 Å². The van der Waals surface area contributed by atoms with Gasteiger partial charge in [-0.25, -0.2) is 9.59 Å². The molecule has 0 radical (unpaired) electrons. The molecule has 0 aliphatic heterocycles. The molecule has 0 unspecified atom stereocenters. The molecular weight excluding hydrogens is 1020 g/mol. The van der Waals surface area contributed by atoms with Gasteiger partial charge in [0.05, 0.1) is 36.3 Å². The summed E-state index contributed by atoms with van der Waals surface area (Å²) in [4.78, 5) is 84.8. The SMILES string of the molecule is C/C=C(\C)[C@@H](O[Si](C)(C)C(C)(C)C)[C@@H](C)[C@H](C/C=C(\C)C(=O)O[C@H](CC(C)C)C(=O)N[C@@H](C)C(=O)N(C)[C@H](Cc1ccc(C#N)cc1)C(=O)N(C)CC(=O)N[C@H](C(=O)OCC(Cl)(Cl)Cl)[C@H](C)CC)OCSC. The van der Waals surface area contributed by atoms with E-state index < -0.39 is 85.1 Å². The van der Waals surface area contributed by atoms with Gasteiger partial charge in [-0.15, -0.1) is 11.8 Å². The van der Waals surface area contributed by atoms with Crippen molar-refractivity contribution in [1.82, 2.24) is 20.4 Å². The Kier molecular flexibility index (Phi) is 28.3. The molecule has 0 aromatic heterocycles. The smallest absolute Gasteiger partial charge is 0.334 e. The van der Waals surface area contributed by atoms with Crippen molar-refractivity contribution < 1.29 is 47.4 Å². The zero-order valence-corrected chi connectivity index (χ0v) is 49.7. The Morgan fingerprint density at radius 3 is 2.04 bits per heavy atom. The molecule has 2 N–H and O–H groups in total. The highest BCUT2D eigenvalue weighted by molar-refractivity contribution is 7.98. The van der Waals surface area contributed by atoms with Crippen molar-refractivity contribution in [1.29, 1.82) is 5.26 Å². The van der Waals surface area contributed by atoms with Gasteiger partial charge >= 0.3 is 11.9 Å². The van der Waals surface area contributed by atoms with Gasteiger partial charge < -0.3 is 39.1 Å². The van der Waals surface area contributed by atoms with Crippen molar-refractivity contribution in [3.63, 3.8) is 0 Å². The number of nitrogens with zero attached hydrogens (tertiary/aromatic N) is 3. The molecule has 20 heteroatoms. The van der Waals surface area contributed by atoms with Crippen LogP contribution in [0.25, 0.3) is 0 Å². The van der Waals surface area contributed by atoms with Crippen molar-refractivity contribution in [2.75, 3.05) is 39.4 Å². The second-order valence-corrected chi connectivity index (χ2v) is 28.6. The number of hydrogen-bond donors (Lipinski definition) is 2. The average molecular weight is 1100 g/mol. The molecule has 15 nitrogen and oxygen atoms in total. The summed E-state index contributed by atoms with van der Waals surface area (Å²) >= 11 is 18.8. The number of esters is 2. The number of likely N-dealkylation sites (N-methyl/N-ethyl adjacent to an activating group) is 2. The first-order valence-corrected chi connectivity index (χ1v) is 29.8.